The van der Waals surface area contributed by atoms with E-state index >= 15 is 0 Å². The van der Waals surface area contributed by atoms with Crippen LogP contribution in [0.4, 0.5) is 0 Å². The number of aryl methyl sites for hydroxylation is 3. The lowest BCUT2D eigenvalue weighted by atomic mass is 9.98. The van der Waals surface area contributed by atoms with Crippen LogP contribution in [0.15, 0.2) is 34.9 Å². The van der Waals surface area contributed by atoms with Crippen LogP contribution in [-0.2, 0) is 0 Å². The zero-order chi connectivity index (χ0) is 11.7. The molecule has 0 saturated carbocycles. The molecule has 1 heterocycles. The van der Waals surface area contributed by atoms with Crippen LogP contribution < -0.4 is 0 Å². The molecule has 0 N–H and O–H groups in total. The molecule has 0 spiro atoms. The lowest BCUT2D eigenvalue weighted by molar-refractivity contribution is 0.530. The van der Waals surface area contributed by atoms with Crippen molar-refractivity contribution in [2.24, 2.45) is 0 Å². The van der Waals surface area contributed by atoms with Crippen LogP contribution in [0, 0.1) is 20.8 Å². The summed E-state index contributed by atoms with van der Waals surface area (Å²) in [5.41, 5.74) is 4.65. The molecular formula is C14H15ClO. The van der Waals surface area contributed by atoms with E-state index in [1.54, 1.807) is 6.26 Å². The molecule has 0 aliphatic rings. The Balaban J connectivity index is 2.45. The van der Waals surface area contributed by atoms with Gasteiger partial charge in [-0.3, -0.25) is 0 Å². The average molecular weight is 235 g/mol. The van der Waals surface area contributed by atoms with Crippen LogP contribution in [0.3, 0.4) is 0 Å². The van der Waals surface area contributed by atoms with Gasteiger partial charge in [0.2, 0.25) is 0 Å². The predicted octanol–water partition coefficient (Wildman–Crippen LogP) is 4.53. The van der Waals surface area contributed by atoms with Gasteiger partial charge in [0.1, 0.15) is 5.76 Å². The van der Waals surface area contributed by atoms with Crippen molar-refractivity contribution in [3.63, 3.8) is 0 Å². The number of hydrogen-bond acceptors (Lipinski definition) is 1. The highest BCUT2D eigenvalue weighted by molar-refractivity contribution is 6.22. The van der Waals surface area contributed by atoms with E-state index in [1.165, 1.54) is 11.1 Å². The fourth-order valence-corrected chi connectivity index (χ4v) is 2.32. The maximum Gasteiger partial charge on any atom is 0.105 e. The normalized spacial score (nSPS) is 12.8. The van der Waals surface area contributed by atoms with Crippen LogP contribution in [0.1, 0.15) is 33.4 Å². The van der Waals surface area contributed by atoms with Crippen molar-refractivity contribution < 1.29 is 4.42 Å². The second kappa shape index (κ2) is 4.34. The minimum Gasteiger partial charge on any atom is -0.469 e. The summed E-state index contributed by atoms with van der Waals surface area (Å²) in [5, 5.41) is -0.126. The number of hydrogen-bond donors (Lipinski definition) is 0. The molecule has 0 bridgehead atoms. The second-order valence-electron chi connectivity index (χ2n) is 4.15. The molecule has 0 aliphatic heterocycles. The molecule has 1 atom stereocenters. The van der Waals surface area contributed by atoms with E-state index in [1.807, 2.05) is 13.0 Å². The summed E-state index contributed by atoms with van der Waals surface area (Å²) < 4.78 is 5.29. The molecule has 1 nitrogen and oxygen atoms in total. The highest BCUT2D eigenvalue weighted by atomic mass is 35.5. The van der Waals surface area contributed by atoms with Gasteiger partial charge in [0.05, 0.1) is 11.6 Å². The Hall–Kier alpha value is -1.21. The van der Waals surface area contributed by atoms with Gasteiger partial charge in [0.25, 0.3) is 0 Å². The molecule has 84 valence electrons. The minimum absolute atomic E-state index is 0.126. The molecule has 0 radical (unpaired) electrons. The summed E-state index contributed by atoms with van der Waals surface area (Å²) in [6.07, 6.45) is 1.69. The van der Waals surface area contributed by atoms with Gasteiger partial charge in [0, 0.05) is 5.56 Å². The Bertz CT molecular complexity index is 499. The van der Waals surface area contributed by atoms with Crippen LogP contribution in [0.25, 0.3) is 0 Å². The molecule has 0 saturated heterocycles. The fraction of sp³-hybridized carbons (Fsp3) is 0.286. The Labute approximate surface area is 101 Å². The summed E-state index contributed by atoms with van der Waals surface area (Å²) in [4.78, 5) is 0. The maximum absolute atomic E-state index is 6.50. The predicted molar refractivity (Wildman–Crippen MR) is 67.1 cm³/mol. The van der Waals surface area contributed by atoms with E-state index in [-0.39, 0.29) is 5.38 Å². The van der Waals surface area contributed by atoms with E-state index in [0.717, 1.165) is 16.9 Å². The second-order valence-corrected chi connectivity index (χ2v) is 4.59. The summed E-state index contributed by atoms with van der Waals surface area (Å²) in [6, 6.07) is 8.29. The average Bonchev–Trinajstić information content (AvgIpc) is 2.67. The number of halogens is 1. The Kier molecular flexibility index (Phi) is 3.06. The van der Waals surface area contributed by atoms with E-state index < -0.39 is 0 Å². The maximum atomic E-state index is 6.50. The van der Waals surface area contributed by atoms with E-state index in [9.17, 15) is 0 Å². The van der Waals surface area contributed by atoms with Crippen LogP contribution in [0.5, 0.6) is 0 Å². The van der Waals surface area contributed by atoms with Gasteiger partial charge < -0.3 is 4.42 Å². The molecule has 2 rings (SSSR count). The summed E-state index contributed by atoms with van der Waals surface area (Å²) >= 11 is 6.50. The van der Waals surface area contributed by atoms with Crippen molar-refractivity contribution >= 4 is 11.6 Å². The molecule has 0 aliphatic carbocycles. The zero-order valence-electron chi connectivity index (χ0n) is 9.75. The molecule has 2 aromatic rings. The minimum atomic E-state index is -0.126. The van der Waals surface area contributed by atoms with E-state index in [2.05, 4.69) is 32.0 Å². The first-order chi connectivity index (χ1) is 7.59. The van der Waals surface area contributed by atoms with E-state index in [0.29, 0.717) is 0 Å². The third kappa shape index (κ3) is 2.00. The lowest BCUT2D eigenvalue weighted by Gasteiger charge is -2.13. The third-order valence-electron chi connectivity index (χ3n) is 2.88. The Morgan fingerprint density at radius 2 is 1.81 bits per heavy atom. The molecule has 2 heteroatoms. The molecule has 0 fully saturated rings. The number of benzene rings is 1. The molecule has 0 amide bonds. The first kappa shape index (κ1) is 11.3. The van der Waals surface area contributed by atoms with Gasteiger partial charge in [0.15, 0.2) is 0 Å². The molecule has 1 aromatic carbocycles. The first-order valence-corrected chi connectivity index (χ1v) is 5.78. The van der Waals surface area contributed by atoms with Crippen molar-refractivity contribution in [2.45, 2.75) is 26.1 Å². The summed E-state index contributed by atoms with van der Waals surface area (Å²) in [7, 11) is 0. The SMILES string of the molecule is Cc1ccc(C)c(C(Cl)c2ccoc2C)c1. The van der Waals surface area contributed by atoms with Gasteiger partial charge in [-0.1, -0.05) is 23.8 Å². The number of rotatable bonds is 2. The van der Waals surface area contributed by atoms with Crippen molar-refractivity contribution in [3.05, 3.63) is 58.5 Å². The van der Waals surface area contributed by atoms with Crippen LogP contribution in [0.2, 0.25) is 0 Å². The molecular weight excluding hydrogens is 220 g/mol. The Morgan fingerprint density at radius 1 is 1.06 bits per heavy atom. The lowest BCUT2D eigenvalue weighted by Crippen LogP contribution is -1.97. The van der Waals surface area contributed by atoms with Crippen molar-refractivity contribution in [2.75, 3.05) is 0 Å². The fourth-order valence-electron chi connectivity index (χ4n) is 1.86. The molecule has 16 heavy (non-hydrogen) atoms. The number of alkyl halides is 1. The van der Waals surface area contributed by atoms with Gasteiger partial charge >= 0.3 is 0 Å². The van der Waals surface area contributed by atoms with Crippen molar-refractivity contribution in [3.8, 4) is 0 Å². The quantitative estimate of drug-likeness (QED) is 0.696. The monoisotopic (exact) mass is 234 g/mol. The van der Waals surface area contributed by atoms with Gasteiger partial charge in [-0.2, -0.15) is 0 Å². The van der Waals surface area contributed by atoms with Gasteiger partial charge in [-0.25, -0.2) is 0 Å². The van der Waals surface area contributed by atoms with Gasteiger partial charge in [-0.05, 0) is 38.0 Å². The Morgan fingerprint density at radius 3 is 2.44 bits per heavy atom. The van der Waals surface area contributed by atoms with Crippen LogP contribution in [-0.4, -0.2) is 0 Å². The molecule has 1 unspecified atom stereocenters. The first-order valence-electron chi connectivity index (χ1n) is 5.35. The van der Waals surface area contributed by atoms with Crippen molar-refractivity contribution in [1.82, 2.24) is 0 Å². The van der Waals surface area contributed by atoms with Gasteiger partial charge in [-0.15, -0.1) is 11.6 Å². The number of furan rings is 1. The highest BCUT2D eigenvalue weighted by Gasteiger charge is 2.17. The third-order valence-corrected chi connectivity index (χ3v) is 3.35. The highest BCUT2D eigenvalue weighted by Crippen LogP contribution is 2.33. The molecule has 1 aromatic heterocycles. The largest absolute Gasteiger partial charge is 0.469 e. The van der Waals surface area contributed by atoms with Crippen molar-refractivity contribution in [1.29, 1.82) is 0 Å². The topological polar surface area (TPSA) is 13.1 Å². The van der Waals surface area contributed by atoms with Crippen LogP contribution >= 0.6 is 11.6 Å². The summed E-state index contributed by atoms with van der Waals surface area (Å²) in [6.45, 7) is 6.10. The smallest absolute Gasteiger partial charge is 0.105 e. The summed E-state index contributed by atoms with van der Waals surface area (Å²) in [5.74, 6) is 0.890. The standard InChI is InChI=1S/C14H15ClO/c1-9-4-5-10(2)13(8-9)14(15)12-6-7-16-11(12)3/h4-8,14H,1-3H3. The van der Waals surface area contributed by atoms with E-state index in [4.69, 9.17) is 16.0 Å². The zero-order valence-corrected chi connectivity index (χ0v) is 10.5.